The number of pyridine rings is 1. The van der Waals surface area contributed by atoms with E-state index in [0.29, 0.717) is 29.9 Å². The van der Waals surface area contributed by atoms with Gasteiger partial charge in [-0.1, -0.05) is 12.8 Å². The van der Waals surface area contributed by atoms with Gasteiger partial charge in [0.1, 0.15) is 5.82 Å². The summed E-state index contributed by atoms with van der Waals surface area (Å²) in [7, 11) is 0. The van der Waals surface area contributed by atoms with E-state index < -0.39 is 17.4 Å². The average molecular weight is 384 g/mol. The molecule has 2 aromatic rings. The number of amides is 1. The summed E-state index contributed by atoms with van der Waals surface area (Å²) in [4.78, 5) is 47.8. The molecule has 0 radical (unpaired) electrons. The number of aromatic nitrogens is 3. The van der Waals surface area contributed by atoms with Crippen LogP contribution >= 0.6 is 0 Å². The van der Waals surface area contributed by atoms with Crippen molar-refractivity contribution in [2.45, 2.75) is 51.5 Å². The van der Waals surface area contributed by atoms with Gasteiger partial charge in [-0.2, -0.15) is 0 Å². The second kappa shape index (κ2) is 7.92. The Morgan fingerprint density at radius 1 is 1.39 bits per heavy atom. The molecule has 0 aromatic carbocycles. The highest BCUT2D eigenvalue weighted by molar-refractivity contribution is 5.81. The monoisotopic (exact) mass is 384 g/mol. The van der Waals surface area contributed by atoms with Gasteiger partial charge in [-0.25, -0.2) is 4.98 Å². The van der Waals surface area contributed by atoms with Crippen LogP contribution in [0.5, 0.6) is 0 Å². The maximum atomic E-state index is 12.6. The van der Waals surface area contributed by atoms with Crippen molar-refractivity contribution < 1.29 is 14.7 Å². The highest BCUT2D eigenvalue weighted by Crippen LogP contribution is 2.33. The minimum absolute atomic E-state index is 0.149. The van der Waals surface area contributed by atoms with Crippen molar-refractivity contribution in [2.24, 2.45) is 5.92 Å². The Bertz CT molecular complexity index is 941. The summed E-state index contributed by atoms with van der Waals surface area (Å²) in [5, 5.41) is 12.3. The lowest BCUT2D eigenvalue weighted by Gasteiger charge is -2.39. The molecule has 148 valence electrons. The van der Waals surface area contributed by atoms with Gasteiger partial charge in [0.15, 0.2) is 0 Å². The summed E-state index contributed by atoms with van der Waals surface area (Å²) in [6, 6.07) is 3.53. The Labute approximate surface area is 162 Å². The number of aromatic amines is 1. The number of rotatable bonds is 5. The van der Waals surface area contributed by atoms with Crippen LogP contribution in [0.25, 0.3) is 11.4 Å². The number of H-pyrrole nitrogens is 1. The van der Waals surface area contributed by atoms with E-state index in [1.54, 1.807) is 38.4 Å². The fourth-order valence-electron chi connectivity index (χ4n) is 3.86. The Morgan fingerprint density at radius 3 is 2.82 bits per heavy atom. The normalized spacial score (nSPS) is 21.9. The number of aryl methyl sites for hydroxylation is 1. The second-order valence-corrected chi connectivity index (χ2v) is 7.50. The van der Waals surface area contributed by atoms with E-state index in [-0.39, 0.29) is 23.5 Å². The summed E-state index contributed by atoms with van der Waals surface area (Å²) in [5.41, 5.74) is 0.214. The molecule has 0 aliphatic heterocycles. The van der Waals surface area contributed by atoms with Crippen LogP contribution in [0, 0.1) is 12.8 Å². The molecule has 3 N–H and O–H groups in total. The zero-order valence-corrected chi connectivity index (χ0v) is 16.0. The van der Waals surface area contributed by atoms with Crippen LogP contribution in [-0.4, -0.2) is 37.5 Å². The molecule has 1 aliphatic carbocycles. The third kappa shape index (κ3) is 4.11. The minimum Gasteiger partial charge on any atom is -0.481 e. The maximum absolute atomic E-state index is 12.6. The fraction of sp³-hybridized carbons (Fsp3) is 0.450. The first kappa shape index (κ1) is 19.7. The highest BCUT2D eigenvalue weighted by atomic mass is 16.4. The number of nitrogens with one attached hydrogen (secondary N) is 2. The first-order chi connectivity index (χ1) is 13.3. The number of hydrogen-bond acceptors (Lipinski definition) is 5. The van der Waals surface area contributed by atoms with Crippen LogP contribution in [0.1, 0.15) is 43.9 Å². The number of nitrogens with zero attached hydrogens (tertiary/aromatic N) is 2. The number of hydrogen-bond donors (Lipinski definition) is 3. The Balaban J connectivity index is 1.79. The number of carboxylic acid groups (broad SMARTS) is 1. The summed E-state index contributed by atoms with van der Waals surface area (Å²) in [6.45, 7) is 3.45. The van der Waals surface area contributed by atoms with E-state index in [0.717, 1.165) is 12.8 Å². The first-order valence-electron chi connectivity index (χ1n) is 9.34. The summed E-state index contributed by atoms with van der Waals surface area (Å²) in [6.07, 6.45) is 5.91. The van der Waals surface area contributed by atoms with Crippen LogP contribution in [-0.2, 0) is 16.0 Å². The quantitative estimate of drug-likeness (QED) is 0.722. The van der Waals surface area contributed by atoms with E-state index in [2.05, 4.69) is 20.3 Å². The number of carboxylic acids is 1. The van der Waals surface area contributed by atoms with E-state index >= 15 is 0 Å². The Kier molecular flexibility index (Phi) is 5.58. The van der Waals surface area contributed by atoms with Crippen molar-refractivity contribution in [3.8, 4) is 11.4 Å². The molecular weight excluding hydrogens is 360 g/mol. The van der Waals surface area contributed by atoms with Crippen LogP contribution in [0.2, 0.25) is 0 Å². The topological polar surface area (TPSA) is 125 Å². The average Bonchev–Trinajstić information content (AvgIpc) is 2.65. The summed E-state index contributed by atoms with van der Waals surface area (Å²) in [5.74, 6) is -1.51. The minimum atomic E-state index is -0.904. The summed E-state index contributed by atoms with van der Waals surface area (Å²) >= 11 is 0. The third-order valence-corrected chi connectivity index (χ3v) is 5.43. The molecule has 2 unspecified atom stereocenters. The van der Waals surface area contributed by atoms with E-state index in [4.69, 9.17) is 0 Å². The van der Waals surface area contributed by atoms with Gasteiger partial charge in [0, 0.05) is 29.2 Å². The lowest BCUT2D eigenvalue weighted by Crippen LogP contribution is -2.56. The van der Waals surface area contributed by atoms with Gasteiger partial charge in [0.2, 0.25) is 5.91 Å². The van der Waals surface area contributed by atoms with E-state index in [9.17, 15) is 19.5 Å². The molecule has 2 aromatic heterocycles. The lowest BCUT2D eigenvalue weighted by atomic mass is 9.74. The van der Waals surface area contributed by atoms with Crippen molar-refractivity contribution >= 4 is 11.9 Å². The van der Waals surface area contributed by atoms with Gasteiger partial charge in [-0.15, -0.1) is 0 Å². The van der Waals surface area contributed by atoms with Gasteiger partial charge >= 0.3 is 5.97 Å². The third-order valence-electron chi connectivity index (χ3n) is 5.43. The standard InChI is InChI=1S/C20H24N4O4/c1-12-14(18(26)23-17(22-12)13-6-5-9-21-11-13)10-16(25)24-20(2)8-4-3-7-15(20)19(27)28/h5-6,9,11,15H,3-4,7-8,10H2,1-2H3,(H,24,25)(H,27,28)(H,22,23,26). The number of aliphatic carboxylic acids is 1. The molecule has 3 rings (SSSR count). The first-order valence-corrected chi connectivity index (χ1v) is 9.34. The van der Waals surface area contributed by atoms with E-state index in [1.807, 2.05) is 0 Å². The van der Waals surface area contributed by atoms with Crippen LogP contribution in [0.15, 0.2) is 29.3 Å². The fourth-order valence-corrected chi connectivity index (χ4v) is 3.86. The molecule has 28 heavy (non-hydrogen) atoms. The highest BCUT2D eigenvalue weighted by Gasteiger charge is 2.42. The predicted octanol–water partition coefficient (Wildman–Crippen LogP) is 1.83. The molecule has 0 bridgehead atoms. The van der Waals surface area contributed by atoms with Crippen LogP contribution in [0.3, 0.4) is 0 Å². The molecule has 1 aliphatic rings. The van der Waals surface area contributed by atoms with Crippen molar-refractivity contribution in [2.75, 3.05) is 0 Å². The number of carbonyl (C=O) groups excluding carboxylic acids is 1. The molecule has 1 saturated carbocycles. The second-order valence-electron chi connectivity index (χ2n) is 7.50. The molecular formula is C20H24N4O4. The van der Waals surface area contributed by atoms with Gasteiger partial charge in [-0.3, -0.25) is 19.4 Å². The summed E-state index contributed by atoms with van der Waals surface area (Å²) < 4.78 is 0. The van der Waals surface area contributed by atoms with Gasteiger partial charge in [-0.05, 0) is 38.8 Å². The van der Waals surface area contributed by atoms with Crippen LogP contribution in [0.4, 0.5) is 0 Å². The Morgan fingerprint density at radius 2 is 2.18 bits per heavy atom. The van der Waals surface area contributed by atoms with Gasteiger partial charge in [0.05, 0.1) is 17.9 Å². The smallest absolute Gasteiger partial charge is 0.308 e. The molecule has 0 saturated heterocycles. The van der Waals surface area contributed by atoms with E-state index in [1.165, 1.54) is 0 Å². The molecule has 1 fully saturated rings. The zero-order valence-electron chi connectivity index (χ0n) is 16.0. The molecule has 2 atom stereocenters. The van der Waals surface area contributed by atoms with Crippen LogP contribution < -0.4 is 10.9 Å². The lowest BCUT2D eigenvalue weighted by molar-refractivity contribution is -0.146. The van der Waals surface area contributed by atoms with Crippen molar-refractivity contribution in [1.29, 1.82) is 0 Å². The zero-order chi connectivity index (χ0) is 20.3. The van der Waals surface area contributed by atoms with Crippen molar-refractivity contribution in [3.63, 3.8) is 0 Å². The molecule has 0 spiro atoms. The number of carbonyl (C=O) groups is 2. The van der Waals surface area contributed by atoms with Crippen molar-refractivity contribution in [1.82, 2.24) is 20.3 Å². The molecule has 2 heterocycles. The molecule has 8 heteroatoms. The van der Waals surface area contributed by atoms with Gasteiger partial charge < -0.3 is 15.4 Å². The molecule has 8 nitrogen and oxygen atoms in total. The molecule has 1 amide bonds. The largest absolute Gasteiger partial charge is 0.481 e. The van der Waals surface area contributed by atoms with Gasteiger partial charge in [0.25, 0.3) is 5.56 Å². The SMILES string of the molecule is Cc1nc(-c2cccnc2)[nH]c(=O)c1CC(=O)NC1(C)CCCCC1C(=O)O. The predicted molar refractivity (Wildman–Crippen MR) is 103 cm³/mol. The maximum Gasteiger partial charge on any atom is 0.308 e. The van der Waals surface area contributed by atoms with Crippen molar-refractivity contribution in [3.05, 3.63) is 46.1 Å². The Hall–Kier alpha value is -3.03.